The highest BCUT2D eigenvalue weighted by molar-refractivity contribution is 5.96. The molecule has 0 aromatic heterocycles. The van der Waals surface area contributed by atoms with Gasteiger partial charge in [-0.2, -0.15) is 0 Å². The van der Waals surface area contributed by atoms with Crippen molar-refractivity contribution >= 4 is 11.6 Å². The lowest BCUT2D eigenvalue weighted by Crippen LogP contribution is -2.21. The molecule has 1 unspecified atom stereocenters. The Morgan fingerprint density at radius 1 is 1.10 bits per heavy atom. The fourth-order valence-electron chi connectivity index (χ4n) is 2.60. The van der Waals surface area contributed by atoms with E-state index in [-0.39, 0.29) is 11.8 Å². The van der Waals surface area contributed by atoms with Gasteiger partial charge in [-0.05, 0) is 37.5 Å². The molecule has 0 fully saturated rings. The number of carbonyl (C=O) groups is 1. The van der Waals surface area contributed by atoms with E-state index in [1.807, 2.05) is 49.4 Å². The van der Waals surface area contributed by atoms with Gasteiger partial charge in [0.1, 0.15) is 0 Å². The van der Waals surface area contributed by atoms with E-state index < -0.39 is 0 Å². The molecule has 0 spiro atoms. The summed E-state index contributed by atoms with van der Waals surface area (Å²) >= 11 is 0. The fraction of sp³-hybridized carbons (Fsp3) is 0.316. The molecule has 2 rings (SSSR count). The van der Waals surface area contributed by atoms with Gasteiger partial charge in [-0.3, -0.25) is 4.79 Å². The summed E-state index contributed by atoms with van der Waals surface area (Å²) in [6, 6.07) is 16.1. The van der Waals surface area contributed by atoms with E-state index in [1.165, 1.54) is 5.56 Å². The zero-order chi connectivity index (χ0) is 15.2. The van der Waals surface area contributed by atoms with E-state index in [9.17, 15) is 4.79 Å². The van der Waals surface area contributed by atoms with Crippen molar-refractivity contribution in [2.24, 2.45) is 0 Å². The molecule has 2 aromatic rings. The second-order valence-corrected chi connectivity index (χ2v) is 5.56. The third-order valence-corrected chi connectivity index (χ3v) is 3.74. The van der Waals surface area contributed by atoms with Crippen LogP contribution in [0.25, 0.3) is 0 Å². The molecule has 110 valence electrons. The third kappa shape index (κ3) is 3.94. The summed E-state index contributed by atoms with van der Waals surface area (Å²) in [5, 5.41) is 3.08. The summed E-state index contributed by atoms with van der Waals surface area (Å²) in [7, 11) is 0. The van der Waals surface area contributed by atoms with E-state index in [4.69, 9.17) is 0 Å². The summed E-state index contributed by atoms with van der Waals surface area (Å²) in [4.78, 5) is 12.6. The maximum absolute atomic E-state index is 12.6. The van der Waals surface area contributed by atoms with Gasteiger partial charge in [0.25, 0.3) is 0 Å². The standard InChI is InChI=1S/C19H23NO/c1-4-8-17(16-9-6-5-7-10-16)19(21)20-18-12-11-14(2)13-15(18)3/h5-7,9-13,17H,4,8H2,1-3H3,(H,20,21). The van der Waals surface area contributed by atoms with Crippen molar-refractivity contribution in [1.29, 1.82) is 0 Å². The number of amides is 1. The first kappa shape index (κ1) is 15.3. The predicted molar refractivity (Wildman–Crippen MR) is 88.6 cm³/mol. The molecule has 0 aliphatic rings. The summed E-state index contributed by atoms with van der Waals surface area (Å²) in [5.74, 6) is -0.00749. The van der Waals surface area contributed by atoms with Crippen molar-refractivity contribution in [2.45, 2.75) is 39.5 Å². The molecule has 2 heteroatoms. The number of anilines is 1. The van der Waals surface area contributed by atoms with Crippen LogP contribution in [0.3, 0.4) is 0 Å². The Morgan fingerprint density at radius 2 is 1.81 bits per heavy atom. The number of rotatable bonds is 5. The van der Waals surface area contributed by atoms with Crippen LogP contribution in [-0.4, -0.2) is 5.91 Å². The molecule has 1 N–H and O–H groups in total. The smallest absolute Gasteiger partial charge is 0.231 e. The van der Waals surface area contributed by atoms with Gasteiger partial charge >= 0.3 is 0 Å². The molecular weight excluding hydrogens is 258 g/mol. The number of aryl methyl sites for hydroxylation is 2. The fourth-order valence-corrected chi connectivity index (χ4v) is 2.60. The molecule has 0 heterocycles. The van der Waals surface area contributed by atoms with E-state index in [0.29, 0.717) is 0 Å². The Labute approximate surface area is 127 Å². The molecule has 1 atom stereocenters. The van der Waals surface area contributed by atoms with Crippen LogP contribution >= 0.6 is 0 Å². The Morgan fingerprint density at radius 3 is 2.43 bits per heavy atom. The molecule has 0 radical (unpaired) electrons. The number of hydrogen-bond donors (Lipinski definition) is 1. The monoisotopic (exact) mass is 281 g/mol. The third-order valence-electron chi connectivity index (χ3n) is 3.74. The van der Waals surface area contributed by atoms with Crippen LogP contribution in [0.2, 0.25) is 0 Å². The number of nitrogens with one attached hydrogen (secondary N) is 1. The predicted octanol–water partition coefficient (Wildman–Crippen LogP) is 4.83. The average Bonchev–Trinajstić information content (AvgIpc) is 2.48. The molecule has 1 amide bonds. The molecule has 0 aliphatic carbocycles. The van der Waals surface area contributed by atoms with Crippen LogP contribution in [0.1, 0.15) is 42.4 Å². The van der Waals surface area contributed by atoms with Gasteiger partial charge in [0.15, 0.2) is 0 Å². The van der Waals surface area contributed by atoms with Gasteiger partial charge in [0.2, 0.25) is 5.91 Å². The lowest BCUT2D eigenvalue weighted by Gasteiger charge is -2.17. The van der Waals surface area contributed by atoms with Gasteiger partial charge in [-0.15, -0.1) is 0 Å². The molecule has 2 aromatic carbocycles. The summed E-state index contributed by atoms with van der Waals surface area (Å²) in [6.07, 6.45) is 1.85. The van der Waals surface area contributed by atoms with Crippen LogP contribution in [0.15, 0.2) is 48.5 Å². The minimum absolute atomic E-state index is 0.0787. The molecule has 2 nitrogen and oxygen atoms in total. The van der Waals surface area contributed by atoms with Crippen molar-refractivity contribution in [2.75, 3.05) is 5.32 Å². The van der Waals surface area contributed by atoms with Gasteiger partial charge < -0.3 is 5.32 Å². The number of benzene rings is 2. The van der Waals surface area contributed by atoms with Gasteiger partial charge in [-0.1, -0.05) is 61.4 Å². The highest BCUT2D eigenvalue weighted by Gasteiger charge is 2.20. The van der Waals surface area contributed by atoms with E-state index in [2.05, 4.69) is 25.2 Å². The van der Waals surface area contributed by atoms with Crippen LogP contribution in [-0.2, 0) is 4.79 Å². The second kappa shape index (κ2) is 7.07. The van der Waals surface area contributed by atoms with Crippen LogP contribution in [0.5, 0.6) is 0 Å². The lowest BCUT2D eigenvalue weighted by atomic mass is 9.93. The molecular formula is C19H23NO. The molecule has 0 aliphatic heterocycles. The van der Waals surface area contributed by atoms with E-state index in [1.54, 1.807) is 0 Å². The van der Waals surface area contributed by atoms with E-state index in [0.717, 1.165) is 29.7 Å². The highest BCUT2D eigenvalue weighted by Crippen LogP contribution is 2.24. The first-order valence-corrected chi connectivity index (χ1v) is 7.55. The topological polar surface area (TPSA) is 29.1 Å². The Hall–Kier alpha value is -2.09. The summed E-state index contributed by atoms with van der Waals surface area (Å²) < 4.78 is 0. The van der Waals surface area contributed by atoms with Crippen LogP contribution < -0.4 is 5.32 Å². The molecule has 0 bridgehead atoms. The molecule has 0 saturated heterocycles. The number of carbonyl (C=O) groups excluding carboxylic acids is 1. The van der Waals surface area contributed by atoms with Crippen LogP contribution in [0, 0.1) is 13.8 Å². The molecule has 21 heavy (non-hydrogen) atoms. The van der Waals surface area contributed by atoms with Crippen molar-refractivity contribution < 1.29 is 4.79 Å². The minimum Gasteiger partial charge on any atom is -0.325 e. The zero-order valence-electron chi connectivity index (χ0n) is 13.0. The van der Waals surface area contributed by atoms with E-state index >= 15 is 0 Å². The Kier molecular flexibility index (Phi) is 5.15. The largest absolute Gasteiger partial charge is 0.325 e. The first-order chi connectivity index (χ1) is 10.1. The van der Waals surface area contributed by atoms with Crippen molar-refractivity contribution in [3.63, 3.8) is 0 Å². The van der Waals surface area contributed by atoms with Crippen LogP contribution in [0.4, 0.5) is 5.69 Å². The zero-order valence-corrected chi connectivity index (χ0v) is 13.0. The Bertz CT molecular complexity index is 604. The summed E-state index contributed by atoms with van der Waals surface area (Å²) in [6.45, 7) is 6.20. The highest BCUT2D eigenvalue weighted by atomic mass is 16.1. The SMILES string of the molecule is CCCC(C(=O)Nc1ccc(C)cc1C)c1ccccc1. The maximum atomic E-state index is 12.6. The van der Waals surface area contributed by atoms with Crippen molar-refractivity contribution in [1.82, 2.24) is 0 Å². The summed E-state index contributed by atoms with van der Waals surface area (Å²) in [5.41, 5.74) is 4.30. The van der Waals surface area contributed by atoms with Gasteiger partial charge in [-0.25, -0.2) is 0 Å². The molecule has 0 saturated carbocycles. The minimum atomic E-state index is -0.0862. The maximum Gasteiger partial charge on any atom is 0.231 e. The lowest BCUT2D eigenvalue weighted by molar-refractivity contribution is -0.117. The quantitative estimate of drug-likeness (QED) is 0.836. The normalized spacial score (nSPS) is 12.0. The number of hydrogen-bond acceptors (Lipinski definition) is 1. The van der Waals surface area contributed by atoms with Crippen molar-refractivity contribution in [3.05, 3.63) is 65.2 Å². The first-order valence-electron chi connectivity index (χ1n) is 7.55. The van der Waals surface area contributed by atoms with Crippen molar-refractivity contribution in [3.8, 4) is 0 Å². The average molecular weight is 281 g/mol. The Balaban J connectivity index is 2.19. The second-order valence-electron chi connectivity index (χ2n) is 5.56. The van der Waals surface area contributed by atoms with Gasteiger partial charge in [0, 0.05) is 5.69 Å². The van der Waals surface area contributed by atoms with Gasteiger partial charge in [0.05, 0.1) is 5.92 Å².